The van der Waals surface area contributed by atoms with Gasteiger partial charge in [-0.25, -0.2) is 0 Å². The first kappa shape index (κ1) is 18.7. The second kappa shape index (κ2) is 11.3. The number of nitrogens with one attached hydrogen (secondary N) is 2. The molecule has 0 spiro atoms. The van der Waals surface area contributed by atoms with Gasteiger partial charge in [-0.15, -0.1) is 0 Å². The summed E-state index contributed by atoms with van der Waals surface area (Å²) in [6.07, 6.45) is 7.12. The van der Waals surface area contributed by atoms with Gasteiger partial charge < -0.3 is 16.4 Å². The molecule has 0 aliphatic carbocycles. The molecule has 0 saturated heterocycles. The second-order valence-corrected chi connectivity index (χ2v) is 5.98. The van der Waals surface area contributed by atoms with Crippen LogP contribution in [-0.2, 0) is 6.42 Å². The van der Waals surface area contributed by atoms with Crippen molar-refractivity contribution >= 4 is 5.69 Å². The summed E-state index contributed by atoms with van der Waals surface area (Å²) in [5.41, 5.74) is 9.18. The predicted octanol–water partition coefficient (Wildman–Crippen LogP) is 3.52. The summed E-state index contributed by atoms with van der Waals surface area (Å²) in [6, 6.07) is 8.55. The molecule has 0 heterocycles. The number of nitrogens with two attached hydrogens (primary N) is 1. The van der Waals surface area contributed by atoms with E-state index in [9.17, 15) is 0 Å². The van der Waals surface area contributed by atoms with Crippen LogP contribution in [0.3, 0.4) is 0 Å². The Kier molecular flexibility index (Phi) is 9.60. The molecule has 0 amide bonds. The average molecular weight is 303 g/mol. The standard InChI is InChI=1S/C19H33N3/c1-4-16(2)19(15-17-9-11-18(20)12-10-17)22-14-8-6-5-7-13-21-3/h9-12,19,21-22H,2,4-8,13-15,20H2,1,3H3. The monoisotopic (exact) mass is 303 g/mol. The minimum absolute atomic E-state index is 0.367. The molecule has 22 heavy (non-hydrogen) atoms. The third-order valence-corrected chi connectivity index (χ3v) is 4.11. The van der Waals surface area contributed by atoms with Crippen LogP contribution in [0.1, 0.15) is 44.6 Å². The number of anilines is 1. The maximum absolute atomic E-state index is 5.75. The number of unbranched alkanes of at least 4 members (excludes halogenated alkanes) is 3. The Morgan fingerprint density at radius 3 is 2.32 bits per heavy atom. The molecule has 0 radical (unpaired) electrons. The van der Waals surface area contributed by atoms with Crippen molar-refractivity contribution in [2.24, 2.45) is 0 Å². The molecule has 0 fully saturated rings. The predicted molar refractivity (Wildman–Crippen MR) is 98.2 cm³/mol. The Labute approximate surface area is 136 Å². The maximum atomic E-state index is 5.75. The Hall–Kier alpha value is -1.32. The fourth-order valence-corrected chi connectivity index (χ4v) is 2.55. The van der Waals surface area contributed by atoms with E-state index < -0.39 is 0 Å². The Morgan fingerprint density at radius 1 is 1.09 bits per heavy atom. The fourth-order valence-electron chi connectivity index (χ4n) is 2.55. The highest BCUT2D eigenvalue weighted by atomic mass is 14.9. The van der Waals surface area contributed by atoms with Crippen molar-refractivity contribution < 1.29 is 0 Å². The molecule has 0 bridgehead atoms. The van der Waals surface area contributed by atoms with Crippen LogP contribution in [0.2, 0.25) is 0 Å². The molecule has 1 aromatic carbocycles. The van der Waals surface area contributed by atoms with Gasteiger partial charge in [0.25, 0.3) is 0 Å². The van der Waals surface area contributed by atoms with Gasteiger partial charge >= 0.3 is 0 Å². The smallest absolute Gasteiger partial charge is 0.0317 e. The number of hydrogen-bond acceptors (Lipinski definition) is 3. The van der Waals surface area contributed by atoms with Crippen LogP contribution in [0.15, 0.2) is 36.4 Å². The van der Waals surface area contributed by atoms with Gasteiger partial charge in [0.2, 0.25) is 0 Å². The minimum atomic E-state index is 0.367. The largest absolute Gasteiger partial charge is 0.399 e. The van der Waals surface area contributed by atoms with Crippen LogP contribution in [-0.4, -0.2) is 26.2 Å². The number of rotatable bonds is 12. The first-order valence-corrected chi connectivity index (χ1v) is 8.57. The van der Waals surface area contributed by atoms with E-state index in [0.29, 0.717) is 6.04 Å². The van der Waals surface area contributed by atoms with Crippen molar-refractivity contribution in [3.8, 4) is 0 Å². The van der Waals surface area contributed by atoms with Gasteiger partial charge in [0.15, 0.2) is 0 Å². The summed E-state index contributed by atoms with van der Waals surface area (Å²) in [5, 5.41) is 6.87. The number of benzene rings is 1. The highest BCUT2D eigenvalue weighted by Gasteiger charge is 2.11. The van der Waals surface area contributed by atoms with E-state index >= 15 is 0 Å². The van der Waals surface area contributed by atoms with Gasteiger partial charge in [0.05, 0.1) is 0 Å². The Morgan fingerprint density at radius 2 is 1.73 bits per heavy atom. The maximum Gasteiger partial charge on any atom is 0.0317 e. The van der Waals surface area contributed by atoms with E-state index in [1.807, 2.05) is 19.2 Å². The van der Waals surface area contributed by atoms with Gasteiger partial charge in [-0.2, -0.15) is 0 Å². The number of hydrogen-bond donors (Lipinski definition) is 3. The third-order valence-electron chi connectivity index (χ3n) is 4.11. The lowest BCUT2D eigenvalue weighted by Crippen LogP contribution is -2.33. The zero-order chi connectivity index (χ0) is 16.2. The highest BCUT2D eigenvalue weighted by Crippen LogP contribution is 2.14. The van der Waals surface area contributed by atoms with Crippen molar-refractivity contribution in [1.29, 1.82) is 0 Å². The van der Waals surface area contributed by atoms with E-state index in [4.69, 9.17) is 5.73 Å². The van der Waals surface area contributed by atoms with Crippen LogP contribution in [0.4, 0.5) is 5.69 Å². The lowest BCUT2D eigenvalue weighted by atomic mass is 9.98. The molecule has 0 saturated carbocycles. The molecule has 0 aliphatic rings. The first-order valence-electron chi connectivity index (χ1n) is 8.57. The molecule has 3 nitrogen and oxygen atoms in total. The van der Waals surface area contributed by atoms with Crippen molar-refractivity contribution in [2.45, 2.75) is 51.5 Å². The normalized spacial score (nSPS) is 12.3. The quantitative estimate of drug-likeness (QED) is 0.315. The summed E-state index contributed by atoms with van der Waals surface area (Å²) < 4.78 is 0. The average Bonchev–Trinajstić information content (AvgIpc) is 2.54. The Bertz CT molecular complexity index is 411. The lowest BCUT2D eigenvalue weighted by molar-refractivity contribution is 0.521. The zero-order valence-electron chi connectivity index (χ0n) is 14.3. The van der Waals surface area contributed by atoms with E-state index in [-0.39, 0.29) is 0 Å². The molecule has 3 heteroatoms. The van der Waals surface area contributed by atoms with Crippen molar-refractivity contribution in [1.82, 2.24) is 10.6 Å². The Balaban J connectivity index is 2.35. The molecule has 4 N–H and O–H groups in total. The molecule has 1 aromatic rings. The third kappa shape index (κ3) is 7.62. The van der Waals surface area contributed by atoms with E-state index in [2.05, 4.69) is 36.3 Å². The second-order valence-electron chi connectivity index (χ2n) is 5.98. The number of nitrogen functional groups attached to an aromatic ring is 1. The summed E-state index contributed by atoms with van der Waals surface area (Å²) in [5.74, 6) is 0. The minimum Gasteiger partial charge on any atom is -0.399 e. The van der Waals surface area contributed by atoms with E-state index in [1.54, 1.807) is 0 Å². The van der Waals surface area contributed by atoms with Crippen molar-refractivity contribution in [3.63, 3.8) is 0 Å². The highest BCUT2D eigenvalue weighted by molar-refractivity contribution is 5.39. The van der Waals surface area contributed by atoms with Crippen LogP contribution in [0, 0.1) is 0 Å². The summed E-state index contributed by atoms with van der Waals surface area (Å²) in [7, 11) is 2.01. The van der Waals surface area contributed by atoms with Gasteiger partial charge in [0, 0.05) is 11.7 Å². The first-order chi connectivity index (χ1) is 10.7. The van der Waals surface area contributed by atoms with Crippen molar-refractivity contribution in [2.75, 3.05) is 25.9 Å². The molecule has 1 atom stereocenters. The molecule has 1 rings (SSSR count). The topological polar surface area (TPSA) is 50.1 Å². The van der Waals surface area contributed by atoms with Gasteiger partial charge in [-0.05, 0) is 63.5 Å². The molecule has 124 valence electrons. The summed E-state index contributed by atoms with van der Waals surface area (Å²) in [4.78, 5) is 0. The molecule has 0 aliphatic heterocycles. The van der Waals surface area contributed by atoms with Gasteiger partial charge in [-0.3, -0.25) is 0 Å². The van der Waals surface area contributed by atoms with Crippen LogP contribution >= 0.6 is 0 Å². The molecular formula is C19H33N3. The molecule has 0 aromatic heterocycles. The lowest BCUT2D eigenvalue weighted by Gasteiger charge is -2.21. The molecular weight excluding hydrogens is 270 g/mol. The van der Waals surface area contributed by atoms with Crippen LogP contribution in [0.5, 0.6) is 0 Å². The van der Waals surface area contributed by atoms with Crippen LogP contribution in [0.25, 0.3) is 0 Å². The van der Waals surface area contributed by atoms with Gasteiger partial charge in [0.1, 0.15) is 0 Å². The van der Waals surface area contributed by atoms with Gasteiger partial charge in [-0.1, -0.05) is 44.1 Å². The van der Waals surface area contributed by atoms with Crippen molar-refractivity contribution in [3.05, 3.63) is 42.0 Å². The zero-order valence-corrected chi connectivity index (χ0v) is 14.3. The summed E-state index contributed by atoms with van der Waals surface area (Å²) in [6.45, 7) is 8.60. The fraction of sp³-hybridized carbons (Fsp3) is 0.579. The van der Waals surface area contributed by atoms with E-state index in [0.717, 1.165) is 31.6 Å². The SMILES string of the molecule is C=C(CC)C(Cc1ccc(N)cc1)NCCCCCCNC. The van der Waals surface area contributed by atoms with Crippen LogP contribution < -0.4 is 16.4 Å². The van der Waals surface area contributed by atoms with E-state index in [1.165, 1.54) is 36.8 Å². The summed E-state index contributed by atoms with van der Waals surface area (Å²) >= 11 is 0. The molecule has 1 unspecified atom stereocenters.